The highest BCUT2D eigenvalue weighted by Gasteiger charge is 2.14. The van der Waals surface area contributed by atoms with Crippen LogP contribution in [0.4, 0.5) is 5.13 Å². The Balaban J connectivity index is 1.43. The minimum atomic E-state index is 0.536. The molecule has 0 aliphatic rings. The minimum absolute atomic E-state index is 0.536. The maximum atomic E-state index is 6.11. The third-order valence-electron chi connectivity index (χ3n) is 6.16. The average molecular weight is 508 g/mol. The first-order valence-electron chi connectivity index (χ1n) is 12.3. The van der Waals surface area contributed by atoms with E-state index in [0.29, 0.717) is 17.6 Å². The SMILES string of the molecule is Cc1cc(OCc2ccccc2)cc(C)c1-c1cc(CCCc2cnc(N)s2)nc(-c2ccncc2)n1. The van der Waals surface area contributed by atoms with Crippen molar-refractivity contribution in [3.63, 3.8) is 0 Å². The van der Waals surface area contributed by atoms with Crippen molar-refractivity contribution >= 4 is 16.5 Å². The van der Waals surface area contributed by atoms with Crippen molar-refractivity contribution < 1.29 is 4.74 Å². The topological polar surface area (TPSA) is 86.8 Å². The second-order valence-corrected chi connectivity index (χ2v) is 10.2. The molecule has 0 aliphatic heterocycles. The summed E-state index contributed by atoms with van der Waals surface area (Å²) in [6.07, 6.45) is 8.12. The molecule has 5 aromatic rings. The largest absolute Gasteiger partial charge is 0.489 e. The van der Waals surface area contributed by atoms with Crippen LogP contribution in [0.15, 0.2) is 79.3 Å². The molecule has 2 aromatic carbocycles. The summed E-state index contributed by atoms with van der Waals surface area (Å²) in [5.41, 5.74) is 13.2. The highest BCUT2D eigenvalue weighted by atomic mass is 32.1. The molecule has 0 aliphatic carbocycles. The molecular weight excluding hydrogens is 478 g/mol. The molecule has 3 heterocycles. The van der Waals surface area contributed by atoms with Crippen molar-refractivity contribution in [2.75, 3.05) is 5.73 Å². The van der Waals surface area contributed by atoms with Crippen LogP contribution < -0.4 is 10.5 Å². The van der Waals surface area contributed by atoms with Gasteiger partial charge in [0.2, 0.25) is 0 Å². The van der Waals surface area contributed by atoms with Gasteiger partial charge in [-0.2, -0.15) is 0 Å². The number of aromatic nitrogens is 4. The number of nitrogens with two attached hydrogens (primary N) is 1. The number of aryl methyl sites for hydroxylation is 4. The van der Waals surface area contributed by atoms with Crippen LogP contribution in [-0.4, -0.2) is 19.9 Å². The van der Waals surface area contributed by atoms with Crippen LogP contribution in [0.1, 0.15) is 33.7 Å². The monoisotopic (exact) mass is 507 g/mol. The molecule has 0 bridgehead atoms. The first kappa shape index (κ1) is 24.6. The molecule has 0 saturated carbocycles. The maximum Gasteiger partial charge on any atom is 0.180 e. The third kappa shape index (κ3) is 6.19. The number of anilines is 1. The third-order valence-corrected chi connectivity index (χ3v) is 7.04. The van der Waals surface area contributed by atoms with Gasteiger partial charge in [-0.3, -0.25) is 4.98 Å². The van der Waals surface area contributed by atoms with Crippen LogP contribution in [0.25, 0.3) is 22.6 Å². The van der Waals surface area contributed by atoms with Crippen molar-refractivity contribution in [1.82, 2.24) is 19.9 Å². The summed E-state index contributed by atoms with van der Waals surface area (Å²) < 4.78 is 6.11. The maximum absolute atomic E-state index is 6.11. The fourth-order valence-corrected chi connectivity index (χ4v) is 5.14. The van der Waals surface area contributed by atoms with Crippen LogP contribution in [0.2, 0.25) is 0 Å². The molecule has 0 spiro atoms. The highest BCUT2D eigenvalue weighted by molar-refractivity contribution is 7.15. The Morgan fingerprint density at radius 1 is 0.892 bits per heavy atom. The predicted molar refractivity (Wildman–Crippen MR) is 149 cm³/mol. The van der Waals surface area contributed by atoms with E-state index < -0.39 is 0 Å². The molecule has 7 heteroatoms. The molecule has 0 amide bonds. The zero-order valence-electron chi connectivity index (χ0n) is 21.0. The second kappa shape index (κ2) is 11.3. The number of nitrogens with zero attached hydrogens (tertiary/aromatic N) is 4. The Bertz CT molecular complexity index is 1460. The Morgan fingerprint density at radius 3 is 2.35 bits per heavy atom. The van der Waals surface area contributed by atoms with Gasteiger partial charge >= 0.3 is 0 Å². The van der Waals surface area contributed by atoms with E-state index in [2.05, 4.69) is 54.1 Å². The summed E-state index contributed by atoms with van der Waals surface area (Å²) in [6, 6.07) is 20.4. The van der Waals surface area contributed by atoms with E-state index in [1.165, 1.54) is 4.88 Å². The van der Waals surface area contributed by atoms with Crippen LogP contribution in [0.5, 0.6) is 5.75 Å². The fraction of sp³-hybridized carbons (Fsp3) is 0.200. The molecule has 6 nitrogen and oxygen atoms in total. The number of hydrogen-bond acceptors (Lipinski definition) is 7. The lowest BCUT2D eigenvalue weighted by molar-refractivity contribution is 0.306. The lowest BCUT2D eigenvalue weighted by Gasteiger charge is -2.15. The number of pyridine rings is 1. The predicted octanol–water partition coefficient (Wildman–Crippen LogP) is 6.62. The van der Waals surface area contributed by atoms with Crippen LogP contribution >= 0.6 is 11.3 Å². The summed E-state index contributed by atoms with van der Waals surface area (Å²) in [6.45, 7) is 4.76. The van der Waals surface area contributed by atoms with E-state index in [-0.39, 0.29) is 0 Å². The average Bonchev–Trinajstić information content (AvgIpc) is 3.33. The Labute approximate surface area is 221 Å². The Kier molecular flexibility index (Phi) is 7.51. The van der Waals surface area contributed by atoms with Crippen molar-refractivity contribution in [3.05, 3.63) is 107 Å². The van der Waals surface area contributed by atoms with Gasteiger partial charge < -0.3 is 10.5 Å². The van der Waals surface area contributed by atoms with Gasteiger partial charge in [-0.25, -0.2) is 15.0 Å². The number of ether oxygens (including phenoxy) is 1. The molecule has 186 valence electrons. The van der Waals surface area contributed by atoms with E-state index in [4.69, 9.17) is 20.4 Å². The molecule has 0 atom stereocenters. The van der Waals surface area contributed by atoms with E-state index in [9.17, 15) is 0 Å². The van der Waals surface area contributed by atoms with Crippen LogP contribution in [0, 0.1) is 13.8 Å². The van der Waals surface area contributed by atoms with Crippen molar-refractivity contribution in [2.45, 2.75) is 39.7 Å². The van der Waals surface area contributed by atoms with Gasteiger partial charge in [0.15, 0.2) is 11.0 Å². The molecule has 0 saturated heterocycles. The Hall–Kier alpha value is -4.10. The fourth-order valence-electron chi connectivity index (χ4n) is 4.42. The van der Waals surface area contributed by atoms with Crippen molar-refractivity contribution in [1.29, 1.82) is 0 Å². The zero-order valence-corrected chi connectivity index (χ0v) is 21.8. The van der Waals surface area contributed by atoms with Crippen LogP contribution in [-0.2, 0) is 19.4 Å². The summed E-state index contributed by atoms with van der Waals surface area (Å²) >= 11 is 1.55. The van der Waals surface area contributed by atoms with Crippen molar-refractivity contribution in [2.24, 2.45) is 0 Å². The molecule has 0 unspecified atom stereocenters. The summed E-state index contributed by atoms with van der Waals surface area (Å²) in [5.74, 6) is 1.57. The Morgan fingerprint density at radius 2 is 1.65 bits per heavy atom. The number of rotatable bonds is 9. The quantitative estimate of drug-likeness (QED) is 0.241. The molecule has 5 rings (SSSR count). The first-order valence-corrected chi connectivity index (χ1v) is 13.1. The smallest absolute Gasteiger partial charge is 0.180 e. The molecule has 2 N–H and O–H groups in total. The number of hydrogen-bond donors (Lipinski definition) is 1. The summed E-state index contributed by atoms with van der Waals surface area (Å²) in [5, 5.41) is 0.612. The van der Waals surface area contributed by atoms with Gasteiger partial charge in [-0.15, -0.1) is 11.3 Å². The normalized spacial score (nSPS) is 11.0. The van der Waals surface area contributed by atoms with Gasteiger partial charge in [0, 0.05) is 40.3 Å². The molecule has 0 fully saturated rings. The molecule has 37 heavy (non-hydrogen) atoms. The van der Waals surface area contributed by atoms with Crippen molar-refractivity contribution in [3.8, 4) is 28.4 Å². The van der Waals surface area contributed by atoms with Gasteiger partial charge in [0.1, 0.15) is 12.4 Å². The van der Waals surface area contributed by atoms with E-state index in [0.717, 1.165) is 64.2 Å². The van der Waals surface area contributed by atoms with E-state index in [1.807, 2.05) is 36.5 Å². The zero-order chi connectivity index (χ0) is 25.6. The molecular formula is C30H29N5OS. The first-order chi connectivity index (χ1) is 18.0. The standard InChI is InChI=1S/C30H29N5OS/c1-20-15-25(36-19-22-7-4-3-5-8-22)16-21(2)28(20)27-17-24(9-6-10-26-18-33-30(31)37-26)34-29(35-27)23-11-13-32-14-12-23/h3-5,7-8,11-18H,6,9-10,19H2,1-2H3,(H2,31,33). The number of nitrogen functional groups attached to an aromatic ring is 1. The number of benzene rings is 2. The van der Waals surface area contributed by atoms with Gasteiger partial charge in [0.05, 0.1) is 5.69 Å². The lowest BCUT2D eigenvalue weighted by Crippen LogP contribution is -2.02. The lowest BCUT2D eigenvalue weighted by atomic mass is 9.98. The second-order valence-electron chi connectivity index (χ2n) is 9.03. The van der Waals surface area contributed by atoms with Gasteiger partial charge in [-0.05, 0) is 80.1 Å². The van der Waals surface area contributed by atoms with E-state index >= 15 is 0 Å². The molecule has 3 aromatic heterocycles. The van der Waals surface area contributed by atoms with E-state index in [1.54, 1.807) is 23.7 Å². The van der Waals surface area contributed by atoms with Crippen LogP contribution in [0.3, 0.4) is 0 Å². The molecule has 0 radical (unpaired) electrons. The highest BCUT2D eigenvalue weighted by Crippen LogP contribution is 2.32. The van der Waals surface area contributed by atoms with Gasteiger partial charge in [0.25, 0.3) is 0 Å². The van der Waals surface area contributed by atoms with Gasteiger partial charge in [-0.1, -0.05) is 30.3 Å². The summed E-state index contributed by atoms with van der Waals surface area (Å²) in [4.78, 5) is 19.4. The number of thiazole rings is 1. The minimum Gasteiger partial charge on any atom is -0.489 e. The summed E-state index contributed by atoms with van der Waals surface area (Å²) in [7, 11) is 0.